The fraction of sp³-hybridized carbons (Fsp3) is 0.857. The van der Waals surface area contributed by atoms with Crippen molar-refractivity contribution in [3.63, 3.8) is 0 Å². The van der Waals surface area contributed by atoms with Gasteiger partial charge < -0.3 is 20.1 Å². The normalized spacial score (nSPS) is 23.9. The van der Waals surface area contributed by atoms with Gasteiger partial charge in [0.05, 0.1) is 12.6 Å². The van der Waals surface area contributed by atoms with Crippen molar-refractivity contribution in [2.45, 2.75) is 46.2 Å². The van der Waals surface area contributed by atoms with Crippen molar-refractivity contribution >= 4 is 12.0 Å². The molecule has 6 heteroatoms. The number of likely N-dealkylation sites (tertiary alicyclic amines) is 1. The van der Waals surface area contributed by atoms with Crippen LogP contribution in [0.2, 0.25) is 0 Å². The first-order chi connectivity index (χ1) is 9.38. The van der Waals surface area contributed by atoms with Crippen molar-refractivity contribution < 1.29 is 19.4 Å². The Hall–Kier alpha value is -1.30. The summed E-state index contributed by atoms with van der Waals surface area (Å²) in [5.41, 5.74) is 0. The van der Waals surface area contributed by atoms with Crippen LogP contribution in [0.15, 0.2) is 0 Å². The second-order valence-electron chi connectivity index (χ2n) is 5.70. The lowest BCUT2D eigenvalue weighted by molar-refractivity contribution is -0.142. The maximum atomic E-state index is 12.3. The summed E-state index contributed by atoms with van der Waals surface area (Å²) < 4.78 is 5.37. The van der Waals surface area contributed by atoms with Gasteiger partial charge in [0.1, 0.15) is 6.04 Å². The van der Waals surface area contributed by atoms with Gasteiger partial charge in [0.15, 0.2) is 0 Å². The molecule has 2 amide bonds. The molecule has 3 atom stereocenters. The van der Waals surface area contributed by atoms with Gasteiger partial charge in [0, 0.05) is 13.2 Å². The molecule has 0 spiro atoms. The number of carbonyl (C=O) groups excluding carboxylic acids is 1. The van der Waals surface area contributed by atoms with Crippen LogP contribution in [0.1, 0.15) is 34.1 Å². The Balaban J connectivity index is 2.66. The van der Waals surface area contributed by atoms with Crippen LogP contribution in [0.3, 0.4) is 0 Å². The van der Waals surface area contributed by atoms with Crippen LogP contribution < -0.4 is 5.32 Å². The molecule has 3 unspecified atom stereocenters. The van der Waals surface area contributed by atoms with Gasteiger partial charge >= 0.3 is 12.0 Å². The highest BCUT2D eigenvalue weighted by Gasteiger charge is 2.40. The minimum Gasteiger partial charge on any atom is -0.480 e. The third-order valence-corrected chi connectivity index (χ3v) is 3.83. The van der Waals surface area contributed by atoms with Gasteiger partial charge in [-0.25, -0.2) is 9.59 Å². The number of rotatable bonds is 6. The number of urea groups is 1. The number of carboxylic acid groups (broad SMARTS) is 1. The molecule has 1 fully saturated rings. The van der Waals surface area contributed by atoms with Crippen LogP contribution >= 0.6 is 0 Å². The number of carbonyl (C=O) groups is 2. The Kier molecular flexibility index (Phi) is 6.26. The molecule has 0 aromatic rings. The van der Waals surface area contributed by atoms with Crippen LogP contribution in [0.5, 0.6) is 0 Å². The minimum absolute atomic E-state index is 0.0114. The summed E-state index contributed by atoms with van der Waals surface area (Å²) in [7, 11) is 0. The Labute approximate surface area is 120 Å². The predicted octanol–water partition coefficient (Wildman–Crippen LogP) is 1.55. The van der Waals surface area contributed by atoms with Gasteiger partial charge in [-0.1, -0.05) is 20.8 Å². The number of hydrogen-bond donors (Lipinski definition) is 2. The maximum absolute atomic E-state index is 12.3. The zero-order chi connectivity index (χ0) is 15.3. The molecule has 0 aromatic heterocycles. The molecule has 2 N–H and O–H groups in total. The number of amides is 2. The van der Waals surface area contributed by atoms with Crippen LogP contribution in [-0.4, -0.2) is 53.8 Å². The van der Waals surface area contributed by atoms with Gasteiger partial charge in [-0.3, -0.25) is 0 Å². The van der Waals surface area contributed by atoms with E-state index in [1.54, 1.807) is 0 Å². The average molecular weight is 286 g/mol. The van der Waals surface area contributed by atoms with Gasteiger partial charge in [-0.2, -0.15) is 0 Å². The Bertz CT molecular complexity index is 346. The number of nitrogens with zero attached hydrogens (tertiary/aromatic N) is 1. The lowest BCUT2D eigenvalue weighted by Gasteiger charge is -2.28. The highest BCUT2D eigenvalue weighted by Crippen LogP contribution is 2.24. The molecule has 0 aliphatic carbocycles. The van der Waals surface area contributed by atoms with Crippen molar-refractivity contribution in [3.05, 3.63) is 0 Å². The van der Waals surface area contributed by atoms with E-state index in [2.05, 4.69) is 5.32 Å². The molecule has 1 rings (SSSR count). The van der Waals surface area contributed by atoms with Crippen LogP contribution in [0.25, 0.3) is 0 Å². The number of ether oxygens (including phenoxy) is 1. The highest BCUT2D eigenvalue weighted by atomic mass is 16.5. The molecule has 6 nitrogen and oxygen atoms in total. The number of carboxylic acids is 1. The van der Waals surface area contributed by atoms with Crippen molar-refractivity contribution in [2.75, 3.05) is 19.8 Å². The van der Waals surface area contributed by atoms with Gasteiger partial charge in [0.25, 0.3) is 0 Å². The fourth-order valence-electron chi connectivity index (χ4n) is 2.44. The standard InChI is InChI=1S/C14H26N2O4/c1-5-20-8-11(9(2)3)15-14(19)16-7-6-10(4)12(16)13(17)18/h9-12H,5-8H2,1-4H3,(H,15,19)(H,17,18). The van der Waals surface area contributed by atoms with E-state index in [1.165, 1.54) is 4.90 Å². The van der Waals surface area contributed by atoms with E-state index < -0.39 is 12.0 Å². The molecule has 116 valence electrons. The molecular weight excluding hydrogens is 260 g/mol. The third kappa shape index (κ3) is 4.10. The van der Waals surface area contributed by atoms with E-state index in [9.17, 15) is 14.7 Å². The minimum atomic E-state index is -0.934. The SMILES string of the molecule is CCOCC(NC(=O)N1CCC(C)C1C(=O)O)C(C)C. The van der Waals surface area contributed by atoms with Crippen LogP contribution in [0.4, 0.5) is 4.79 Å². The van der Waals surface area contributed by atoms with Crippen molar-refractivity contribution in [2.24, 2.45) is 11.8 Å². The number of aliphatic carboxylic acids is 1. The molecule has 0 saturated carbocycles. The molecule has 1 saturated heterocycles. The van der Waals surface area contributed by atoms with Crippen molar-refractivity contribution in [1.82, 2.24) is 10.2 Å². The summed E-state index contributed by atoms with van der Waals surface area (Å²) in [5, 5.41) is 12.1. The average Bonchev–Trinajstić information content (AvgIpc) is 2.75. The van der Waals surface area contributed by atoms with Gasteiger partial charge in [-0.15, -0.1) is 0 Å². The van der Waals surface area contributed by atoms with E-state index in [0.29, 0.717) is 19.8 Å². The zero-order valence-corrected chi connectivity index (χ0v) is 12.8. The molecule has 0 radical (unpaired) electrons. The molecule has 1 aliphatic rings. The molecule has 20 heavy (non-hydrogen) atoms. The van der Waals surface area contributed by atoms with E-state index in [-0.39, 0.29) is 23.9 Å². The molecule has 0 aromatic carbocycles. The largest absolute Gasteiger partial charge is 0.480 e. The van der Waals surface area contributed by atoms with E-state index in [4.69, 9.17) is 4.74 Å². The second-order valence-corrected chi connectivity index (χ2v) is 5.70. The summed E-state index contributed by atoms with van der Waals surface area (Å²) >= 11 is 0. The smallest absolute Gasteiger partial charge is 0.326 e. The lowest BCUT2D eigenvalue weighted by atomic mass is 10.0. The Morgan fingerprint density at radius 3 is 2.60 bits per heavy atom. The topological polar surface area (TPSA) is 78.9 Å². The van der Waals surface area contributed by atoms with Gasteiger partial charge in [-0.05, 0) is 25.2 Å². The highest BCUT2D eigenvalue weighted by molar-refractivity contribution is 5.83. The first-order valence-electron chi connectivity index (χ1n) is 7.26. The summed E-state index contributed by atoms with van der Waals surface area (Å²) in [6, 6.07) is -1.14. The lowest BCUT2D eigenvalue weighted by Crippen LogP contribution is -2.52. The Morgan fingerprint density at radius 1 is 1.45 bits per heavy atom. The molecule has 0 bridgehead atoms. The number of nitrogens with one attached hydrogen (secondary N) is 1. The third-order valence-electron chi connectivity index (χ3n) is 3.83. The van der Waals surface area contributed by atoms with E-state index in [0.717, 1.165) is 6.42 Å². The summed E-state index contributed by atoms with van der Waals surface area (Å²) in [5.74, 6) is -0.715. The maximum Gasteiger partial charge on any atom is 0.326 e. The summed E-state index contributed by atoms with van der Waals surface area (Å²) in [6.45, 7) is 9.31. The number of hydrogen-bond acceptors (Lipinski definition) is 3. The zero-order valence-electron chi connectivity index (χ0n) is 12.8. The molecule has 1 heterocycles. The first-order valence-corrected chi connectivity index (χ1v) is 7.26. The van der Waals surface area contributed by atoms with Crippen molar-refractivity contribution in [3.8, 4) is 0 Å². The Morgan fingerprint density at radius 2 is 2.10 bits per heavy atom. The summed E-state index contributed by atoms with van der Waals surface area (Å²) in [6.07, 6.45) is 0.724. The van der Waals surface area contributed by atoms with E-state index in [1.807, 2.05) is 27.7 Å². The first kappa shape index (κ1) is 16.8. The van der Waals surface area contributed by atoms with E-state index >= 15 is 0 Å². The van der Waals surface area contributed by atoms with Crippen molar-refractivity contribution in [1.29, 1.82) is 0 Å². The molecular formula is C14H26N2O4. The summed E-state index contributed by atoms with van der Waals surface area (Å²) in [4.78, 5) is 25.0. The monoisotopic (exact) mass is 286 g/mol. The second kappa shape index (κ2) is 7.47. The quantitative estimate of drug-likeness (QED) is 0.776. The van der Waals surface area contributed by atoms with Crippen LogP contribution in [0, 0.1) is 11.8 Å². The van der Waals surface area contributed by atoms with Gasteiger partial charge in [0.2, 0.25) is 0 Å². The fourth-order valence-corrected chi connectivity index (χ4v) is 2.44. The molecule has 1 aliphatic heterocycles. The van der Waals surface area contributed by atoms with Crippen LogP contribution in [-0.2, 0) is 9.53 Å². The predicted molar refractivity (Wildman–Crippen MR) is 75.6 cm³/mol.